The predicted octanol–water partition coefficient (Wildman–Crippen LogP) is 3.62. The molecule has 1 aromatic rings. The number of cyclic esters (lactones) is 1. The molecular weight excluding hydrogens is 468 g/mol. The van der Waals surface area contributed by atoms with Crippen LogP contribution in [0.5, 0.6) is 0 Å². The van der Waals surface area contributed by atoms with E-state index in [-0.39, 0.29) is 37.8 Å². The highest BCUT2D eigenvalue weighted by Crippen LogP contribution is 2.31. The summed E-state index contributed by atoms with van der Waals surface area (Å²) in [6, 6.07) is 2.10. The maximum Gasteiger partial charge on any atom is 0.309 e. The lowest BCUT2D eigenvalue weighted by molar-refractivity contribution is -0.154. The Morgan fingerprint density at radius 1 is 1.31 bits per heavy atom. The van der Waals surface area contributed by atoms with Crippen LogP contribution in [0.1, 0.15) is 58.2 Å². The van der Waals surface area contributed by atoms with E-state index in [0.29, 0.717) is 5.57 Å². The molecule has 1 aliphatic heterocycles. The second-order valence-corrected chi connectivity index (χ2v) is 10.9. The number of thiazole rings is 1. The standard InChI is InChI=1S/C26H36N2O6S/c1-15(9-20-14-35-18(4)28-20)21-8-7-19(11-27)13-33-12-16(2)24(31)17(3)25(32)26(5,6)22(29)10-23(30)34-21/h7,9,14,16-17,21-22,24,29,31H,8,10,12-13H2,1-6H3/b15-9+,19-7-/t16-,17+,21-,22-,24-/m0/s1. The Bertz CT molecular complexity index is 1010. The highest BCUT2D eigenvalue weighted by molar-refractivity contribution is 7.09. The van der Waals surface area contributed by atoms with Gasteiger partial charge in [0.15, 0.2) is 0 Å². The molecule has 0 saturated carbocycles. The minimum Gasteiger partial charge on any atom is -0.457 e. The molecule has 1 aromatic heterocycles. The molecule has 1 aliphatic rings. The van der Waals surface area contributed by atoms with E-state index < -0.39 is 35.6 Å². The average molecular weight is 505 g/mol. The molecule has 0 radical (unpaired) electrons. The van der Waals surface area contributed by atoms with E-state index >= 15 is 0 Å². The third-order valence-electron chi connectivity index (χ3n) is 6.49. The highest BCUT2D eigenvalue weighted by Gasteiger charge is 2.42. The second kappa shape index (κ2) is 12.5. The van der Waals surface area contributed by atoms with Crippen molar-refractivity contribution in [2.75, 3.05) is 13.2 Å². The van der Waals surface area contributed by atoms with Gasteiger partial charge in [-0.1, -0.05) is 33.8 Å². The maximum atomic E-state index is 13.1. The molecule has 0 aromatic carbocycles. The first-order valence-electron chi connectivity index (χ1n) is 11.7. The third-order valence-corrected chi connectivity index (χ3v) is 7.28. The van der Waals surface area contributed by atoms with Crippen LogP contribution in [0.3, 0.4) is 0 Å². The van der Waals surface area contributed by atoms with Crippen molar-refractivity contribution in [2.24, 2.45) is 17.3 Å². The molecule has 0 spiro atoms. The van der Waals surface area contributed by atoms with E-state index in [4.69, 9.17) is 9.47 Å². The van der Waals surface area contributed by atoms with E-state index in [2.05, 4.69) is 11.1 Å². The number of aliphatic hydroxyl groups is 2. The number of hydrogen-bond donors (Lipinski definition) is 2. The Morgan fingerprint density at radius 2 is 2.00 bits per heavy atom. The fourth-order valence-corrected chi connectivity index (χ4v) is 4.53. The topological polar surface area (TPSA) is 130 Å². The van der Waals surface area contributed by atoms with Gasteiger partial charge in [0.25, 0.3) is 0 Å². The van der Waals surface area contributed by atoms with Gasteiger partial charge in [-0.05, 0) is 25.5 Å². The molecule has 0 fully saturated rings. The first-order chi connectivity index (χ1) is 16.4. The summed E-state index contributed by atoms with van der Waals surface area (Å²) in [4.78, 5) is 30.4. The molecular formula is C26H36N2O6S. The van der Waals surface area contributed by atoms with Crippen LogP contribution >= 0.6 is 11.3 Å². The second-order valence-electron chi connectivity index (χ2n) is 9.81. The number of esters is 1. The van der Waals surface area contributed by atoms with Crippen molar-refractivity contribution in [3.63, 3.8) is 0 Å². The first kappa shape index (κ1) is 28.9. The molecule has 35 heavy (non-hydrogen) atoms. The Labute approximate surface area is 211 Å². The number of rotatable bonds is 2. The first-order valence-corrected chi connectivity index (χ1v) is 12.6. The van der Waals surface area contributed by atoms with Gasteiger partial charge < -0.3 is 19.7 Å². The molecule has 0 unspecified atom stereocenters. The highest BCUT2D eigenvalue weighted by atomic mass is 32.1. The lowest BCUT2D eigenvalue weighted by Gasteiger charge is -2.34. The van der Waals surface area contributed by atoms with Gasteiger partial charge in [-0.3, -0.25) is 9.59 Å². The summed E-state index contributed by atoms with van der Waals surface area (Å²) < 4.78 is 11.4. The SMILES string of the molecule is C/C(=C\c1csc(C)n1)[C@@H]1C/C=C(/C#N)COC[C@H](C)[C@H](O)[C@@H](C)C(=O)C(C)(C)[C@@H](O)CC(=O)O1. The van der Waals surface area contributed by atoms with Gasteiger partial charge in [-0.25, -0.2) is 4.98 Å². The molecule has 8 nitrogen and oxygen atoms in total. The number of carbonyl (C=O) groups is 2. The van der Waals surface area contributed by atoms with Crippen molar-refractivity contribution in [1.82, 2.24) is 4.98 Å². The molecule has 192 valence electrons. The monoisotopic (exact) mass is 504 g/mol. The lowest BCUT2D eigenvalue weighted by Crippen LogP contribution is -2.46. The number of ether oxygens (including phenoxy) is 2. The van der Waals surface area contributed by atoms with Crippen molar-refractivity contribution in [1.29, 1.82) is 5.26 Å². The van der Waals surface area contributed by atoms with Crippen LogP contribution in [-0.2, 0) is 19.1 Å². The molecule has 2 rings (SSSR count). The molecule has 0 saturated heterocycles. The van der Waals surface area contributed by atoms with Gasteiger partial charge in [0.05, 0.1) is 59.6 Å². The van der Waals surface area contributed by atoms with Gasteiger partial charge in [-0.2, -0.15) is 5.26 Å². The van der Waals surface area contributed by atoms with E-state index in [0.717, 1.165) is 16.3 Å². The number of nitriles is 1. The van der Waals surface area contributed by atoms with Gasteiger partial charge in [0.1, 0.15) is 11.9 Å². The van der Waals surface area contributed by atoms with Crippen LogP contribution in [0.25, 0.3) is 6.08 Å². The molecule has 0 bridgehead atoms. The van der Waals surface area contributed by atoms with Crippen LogP contribution in [0.2, 0.25) is 0 Å². The van der Waals surface area contributed by atoms with Crippen molar-refractivity contribution < 1.29 is 29.3 Å². The quantitative estimate of drug-likeness (QED) is 0.584. The van der Waals surface area contributed by atoms with Gasteiger partial charge >= 0.3 is 5.97 Å². The zero-order valence-corrected chi connectivity index (χ0v) is 22.1. The van der Waals surface area contributed by atoms with Gasteiger partial charge in [0, 0.05) is 23.6 Å². The number of aliphatic hydroxyl groups excluding tert-OH is 2. The number of nitrogens with zero attached hydrogens (tertiary/aromatic N) is 2. The number of Topliss-reactive ketones (excluding diaryl/α,β-unsaturated/α-hetero) is 1. The maximum absolute atomic E-state index is 13.1. The third kappa shape index (κ3) is 7.80. The van der Waals surface area contributed by atoms with Crippen LogP contribution < -0.4 is 0 Å². The summed E-state index contributed by atoms with van der Waals surface area (Å²) in [6.07, 6.45) is 0.353. The fraction of sp³-hybridized carbons (Fsp3) is 0.615. The Hall–Kier alpha value is -2.38. The number of aryl methyl sites for hydroxylation is 1. The van der Waals surface area contributed by atoms with Crippen LogP contribution in [0.15, 0.2) is 22.6 Å². The van der Waals surface area contributed by atoms with Crippen molar-refractivity contribution in [2.45, 2.75) is 72.7 Å². The van der Waals surface area contributed by atoms with Crippen molar-refractivity contribution in [3.8, 4) is 6.07 Å². The molecule has 5 atom stereocenters. The lowest BCUT2D eigenvalue weighted by atomic mass is 9.73. The Morgan fingerprint density at radius 3 is 2.60 bits per heavy atom. The fourth-order valence-electron chi connectivity index (χ4n) is 3.96. The molecule has 0 amide bonds. The van der Waals surface area contributed by atoms with Crippen molar-refractivity contribution in [3.05, 3.63) is 33.3 Å². The summed E-state index contributed by atoms with van der Waals surface area (Å²) in [7, 11) is 0. The number of hydrogen-bond acceptors (Lipinski definition) is 9. The van der Waals surface area contributed by atoms with E-state index in [9.17, 15) is 25.1 Å². The van der Waals surface area contributed by atoms with Gasteiger partial charge in [-0.15, -0.1) is 11.3 Å². The summed E-state index contributed by atoms with van der Waals surface area (Å²) in [5.74, 6) is -2.18. The van der Waals surface area contributed by atoms with E-state index in [1.807, 2.05) is 25.3 Å². The Balaban J connectivity index is 2.38. The molecule has 9 heteroatoms. The van der Waals surface area contributed by atoms with Crippen LogP contribution in [0.4, 0.5) is 0 Å². The van der Waals surface area contributed by atoms with Gasteiger partial charge in [0.2, 0.25) is 0 Å². The summed E-state index contributed by atoms with van der Waals surface area (Å²) >= 11 is 1.51. The average Bonchev–Trinajstić information content (AvgIpc) is 3.21. The Kier molecular flexibility index (Phi) is 10.3. The molecule has 2 N–H and O–H groups in total. The molecule has 2 heterocycles. The van der Waals surface area contributed by atoms with Crippen LogP contribution in [-0.4, -0.2) is 58.5 Å². The van der Waals surface area contributed by atoms with E-state index in [1.165, 1.54) is 11.3 Å². The number of ketones is 1. The predicted molar refractivity (Wildman–Crippen MR) is 133 cm³/mol. The summed E-state index contributed by atoms with van der Waals surface area (Å²) in [5.41, 5.74) is 0.565. The zero-order valence-electron chi connectivity index (χ0n) is 21.3. The van der Waals surface area contributed by atoms with Crippen molar-refractivity contribution >= 4 is 29.2 Å². The summed E-state index contributed by atoms with van der Waals surface area (Å²) in [5, 5.41) is 33.8. The smallest absolute Gasteiger partial charge is 0.309 e. The summed E-state index contributed by atoms with van der Waals surface area (Å²) in [6.45, 7) is 10.4. The number of aromatic nitrogens is 1. The largest absolute Gasteiger partial charge is 0.457 e. The minimum atomic E-state index is -1.30. The van der Waals surface area contributed by atoms with Crippen LogP contribution in [0, 0.1) is 35.5 Å². The molecule has 0 aliphatic carbocycles. The number of carbonyl (C=O) groups excluding carboxylic acids is 2. The normalized spacial score (nSPS) is 31.2. The minimum absolute atomic E-state index is 0.0365. The zero-order chi connectivity index (χ0) is 26.3. The van der Waals surface area contributed by atoms with E-state index in [1.54, 1.807) is 33.8 Å².